The van der Waals surface area contributed by atoms with Gasteiger partial charge in [-0.25, -0.2) is 4.79 Å². The number of nitrogens with zero attached hydrogens (tertiary/aromatic N) is 1. The molecule has 2 rings (SSSR count). The van der Waals surface area contributed by atoms with Crippen molar-refractivity contribution in [3.63, 3.8) is 0 Å². The summed E-state index contributed by atoms with van der Waals surface area (Å²) in [6.07, 6.45) is 5.75. The number of nitrogen functional groups attached to an aromatic ring is 1. The molecule has 0 saturated heterocycles. The molecule has 1 fully saturated rings. The van der Waals surface area contributed by atoms with E-state index in [1.165, 1.54) is 37.7 Å². The molecule has 1 aliphatic carbocycles. The average Bonchev–Trinajstić information content (AvgIpc) is 2.64. The second-order valence-electron chi connectivity index (χ2n) is 5.61. The predicted octanol–water partition coefficient (Wildman–Crippen LogP) is 3.37. The molecule has 0 amide bonds. The largest absolute Gasteiger partial charge is 0.465 e. The van der Waals surface area contributed by atoms with Gasteiger partial charge in [-0.1, -0.05) is 19.8 Å². The number of carbonyl (C=O) groups excluding carboxylic acids is 1. The molecule has 3 N–H and O–H groups in total. The van der Waals surface area contributed by atoms with Crippen LogP contribution in [0.25, 0.3) is 0 Å². The van der Waals surface area contributed by atoms with Crippen molar-refractivity contribution in [3.8, 4) is 6.07 Å². The molecule has 2 atom stereocenters. The van der Waals surface area contributed by atoms with Crippen LogP contribution in [0.15, 0.2) is 0 Å². The molecular weight excluding hydrogens is 286 g/mol. The highest BCUT2D eigenvalue weighted by atomic mass is 32.1. The fourth-order valence-electron chi connectivity index (χ4n) is 2.75. The molecule has 0 spiro atoms. The standard InChI is InChI=1S/C15H21N3O2S/c1-9-4-3-5-10(7-6-9)18-14-12(15(19)20-2)13(17)11(8-16)21-14/h9-10,18H,3-7,17H2,1-2H3. The van der Waals surface area contributed by atoms with E-state index >= 15 is 0 Å². The zero-order valence-corrected chi connectivity index (χ0v) is 13.3. The second kappa shape index (κ2) is 6.81. The smallest absolute Gasteiger partial charge is 0.343 e. The maximum Gasteiger partial charge on any atom is 0.343 e. The van der Waals surface area contributed by atoms with Crippen molar-refractivity contribution in [1.82, 2.24) is 0 Å². The van der Waals surface area contributed by atoms with Crippen LogP contribution in [0, 0.1) is 17.2 Å². The van der Waals surface area contributed by atoms with E-state index in [0.717, 1.165) is 18.8 Å². The van der Waals surface area contributed by atoms with Crippen LogP contribution >= 0.6 is 11.3 Å². The molecule has 2 unspecified atom stereocenters. The summed E-state index contributed by atoms with van der Waals surface area (Å²) in [5, 5.41) is 13.2. The molecule has 1 aliphatic rings. The molecule has 0 radical (unpaired) electrons. The van der Waals surface area contributed by atoms with Gasteiger partial charge in [0.15, 0.2) is 0 Å². The van der Waals surface area contributed by atoms with Crippen LogP contribution in [0.3, 0.4) is 0 Å². The van der Waals surface area contributed by atoms with Crippen molar-refractivity contribution in [2.75, 3.05) is 18.2 Å². The first-order chi connectivity index (χ1) is 10.1. The van der Waals surface area contributed by atoms with E-state index < -0.39 is 5.97 Å². The van der Waals surface area contributed by atoms with Gasteiger partial charge in [0.2, 0.25) is 0 Å². The maximum absolute atomic E-state index is 11.9. The first kappa shape index (κ1) is 15.6. The summed E-state index contributed by atoms with van der Waals surface area (Å²) in [6, 6.07) is 2.36. The van der Waals surface area contributed by atoms with Crippen LogP contribution in [0.2, 0.25) is 0 Å². The summed E-state index contributed by atoms with van der Waals surface area (Å²) >= 11 is 1.23. The van der Waals surface area contributed by atoms with E-state index in [1.54, 1.807) is 0 Å². The predicted molar refractivity (Wildman–Crippen MR) is 84.4 cm³/mol. The first-order valence-corrected chi connectivity index (χ1v) is 8.05. The number of hydrogen-bond acceptors (Lipinski definition) is 6. The van der Waals surface area contributed by atoms with E-state index in [1.807, 2.05) is 6.07 Å². The molecule has 0 aromatic carbocycles. The number of nitrogens with two attached hydrogens (primary N) is 1. The number of anilines is 2. The molecule has 0 bridgehead atoms. The van der Waals surface area contributed by atoms with Crippen molar-refractivity contribution in [3.05, 3.63) is 10.4 Å². The zero-order valence-electron chi connectivity index (χ0n) is 12.4. The molecule has 1 heterocycles. The van der Waals surface area contributed by atoms with Crippen LogP contribution in [-0.4, -0.2) is 19.1 Å². The summed E-state index contributed by atoms with van der Waals surface area (Å²) in [7, 11) is 1.32. The van der Waals surface area contributed by atoms with E-state index in [-0.39, 0.29) is 5.69 Å². The summed E-state index contributed by atoms with van der Waals surface area (Å²) in [5.74, 6) is 0.259. The highest BCUT2D eigenvalue weighted by Crippen LogP contribution is 2.37. The molecule has 1 aromatic rings. The van der Waals surface area contributed by atoms with E-state index in [0.29, 0.717) is 21.5 Å². The topological polar surface area (TPSA) is 88.1 Å². The Balaban J connectivity index is 2.23. The van der Waals surface area contributed by atoms with Gasteiger partial charge in [0, 0.05) is 6.04 Å². The van der Waals surface area contributed by atoms with Gasteiger partial charge in [0.1, 0.15) is 21.5 Å². The normalized spacial score (nSPS) is 22.1. The number of hydrogen-bond donors (Lipinski definition) is 2. The molecule has 1 aromatic heterocycles. The third-order valence-electron chi connectivity index (χ3n) is 4.03. The van der Waals surface area contributed by atoms with Gasteiger partial charge >= 0.3 is 5.97 Å². The van der Waals surface area contributed by atoms with Crippen LogP contribution in [0.1, 0.15) is 54.3 Å². The number of nitrogens with one attached hydrogen (secondary N) is 1. The van der Waals surface area contributed by atoms with Crippen molar-refractivity contribution >= 4 is 28.0 Å². The summed E-state index contributed by atoms with van der Waals surface area (Å²) in [4.78, 5) is 12.3. The molecule has 0 aliphatic heterocycles. The van der Waals surface area contributed by atoms with E-state index in [4.69, 9.17) is 15.7 Å². The van der Waals surface area contributed by atoms with E-state index in [9.17, 15) is 4.79 Å². The monoisotopic (exact) mass is 307 g/mol. The van der Waals surface area contributed by atoms with Gasteiger partial charge in [0.05, 0.1) is 12.8 Å². The fraction of sp³-hybridized carbons (Fsp3) is 0.600. The average molecular weight is 307 g/mol. The van der Waals surface area contributed by atoms with Crippen molar-refractivity contribution < 1.29 is 9.53 Å². The van der Waals surface area contributed by atoms with Gasteiger partial charge in [-0.2, -0.15) is 5.26 Å². The number of thiophene rings is 1. The van der Waals surface area contributed by atoms with Gasteiger partial charge < -0.3 is 15.8 Å². The Hall–Kier alpha value is -1.74. The van der Waals surface area contributed by atoms with Crippen molar-refractivity contribution in [2.24, 2.45) is 5.92 Å². The highest BCUT2D eigenvalue weighted by Gasteiger charge is 2.25. The SMILES string of the molecule is COC(=O)c1c(NC2CCCC(C)CC2)sc(C#N)c1N. The van der Waals surface area contributed by atoms with Crippen LogP contribution in [0.4, 0.5) is 10.7 Å². The minimum Gasteiger partial charge on any atom is -0.465 e. The molecule has 1 saturated carbocycles. The van der Waals surface area contributed by atoms with Crippen molar-refractivity contribution in [2.45, 2.75) is 45.1 Å². The Morgan fingerprint density at radius 1 is 1.43 bits per heavy atom. The van der Waals surface area contributed by atoms with E-state index in [2.05, 4.69) is 12.2 Å². The number of ether oxygens (including phenoxy) is 1. The summed E-state index contributed by atoms with van der Waals surface area (Å²) in [5.41, 5.74) is 6.42. The molecular formula is C15H21N3O2S. The minimum atomic E-state index is -0.491. The van der Waals surface area contributed by atoms with Gasteiger partial charge in [-0.3, -0.25) is 0 Å². The number of rotatable bonds is 3. The maximum atomic E-state index is 11.9. The highest BCUT2D eigenvalue weighted by molar-refractivity contribution is 7.17. The fourth-order valence-corrected chi connectivity index (χ4v) is 3.73. The quantitative estimate of drug-likeness (QED) is 0.660. The number of carbonyl (C=O) groups is 1. The van der Waals surface area contributed by atoms with Crippen LogP contribution in [0.5, 0.6) is 0 Å². The van der Waals surface area contributed by atoms with Gasteiger partial charge in [-0.05, 0) is 25.2 Å². The summed E-state index contributed by atoms with van der Waals surface area (Å²) < 4.78 is 4.78. The Kier molecular flexibility index (Phi) is 5.07. The lowest BCUT2D eigenvalue weighted by molar-refractivity contribution is 0.0603. The lowest BCUT2D eigenvalue weighted by Gasteiger charge is -2.17. The third-order valence-corrected chi connectivity index (χ3v) is 5.07. The van der Waals surface area contributed by atoms with Crippen molar-refractivity contribution in [1.29, 1.82) is 5.26 Å². The number of esters is 1. The number of methoxy groups -OCH3 is 1. The van der Waals surface area contributed by atoms with Crippen LogP contribution < -0.4 is 11.1 Å². The Bertz CT molecular complexity index is 562. The van der Waals surface area contributed by atoms with Gasteiger partial charge in [-0.15, -0.1) is 11.3 Å². The second-order valence-corrected chi connectivity index (χ2v) is 6.63. The lowest BCUT2D eigenvalue weighted by Crippen LogP contribution is -2.19. The Morgan fingerprint density at radius 2 is 2.19 bits per heavy atom. The first-order valence-electron chi connectivity index (χ1n) is 7.24. The number of nitriles is 1. The minimum absolute atomic E-state index is 0.221. The lowest BCUT2D eigenvalue weighted by atomic mass is 10.0. The molecule has 21 heavy (non-hydrogen) atoms. The zero-order chi connectivity index (χ0) is 15.4. The molecule has 114 valence electrons. The van der Waals surface area contributed by atoms with Gasteiger partial charge in [0.25, 0.3) is 0 Å². The molecule has 6 heteroatoms. The Labute approximate surface area is 129 Å². The Morgan fingerprint density at radius 3 is 2.86 bits per heavy atom. The summed E-state index contributed by atoms with van der Waals surface area (Å²) in [6.45, 7) is 2.28. The molecule has 5 nitrogen and oxygen atoms in total. The third kappa shape index (κ3) is 3.48. The van der Waals surface area contributed by atoms with Crippen LogP contribution in [-0.2, 0) is 4.74 Å².